The molecule has 0 aliphatic heterocycles. The number of nitrogens with two attached hydrogens (primary N) is 1. The Balaban J connectivity index is 1.94. The van der Waals surface area contributed by atoms with Crippen LogP contribution in [0.2, 0.25) is 0 Å². The van der Waals surface area contributed by atoms with Gasteiger partial charge in [0.2, 0.25) is 0 Å². The molecule has 1 heterocycles. The van der Waals surface area contributed by atoms with E-state index in [9.17, 15) is 4.79 Å². The van der Waals surface area contributed by atoms with E-state index in [1.54, 1.807) is 12.1 Å². The number of hydrogen-bond acceptors (Lipinski definition) is 3. The lowest BCUT2D eigenvalue weighted by atomic mass is 10.2. The Morgan fingerprint density at radius 2 is 1.94 bits per heavy atom. The van der Waals surface area contributed by atoms with E-state index in [0.717, 1.165) is 5.56 Å². The Labute approximate surface area is 93.0 Å². The molecule has 0 bridgehead atoms. The highest BCUT2D eigenvalue weighted by Gasteiger charge is 2.08. The molecule has 82 valence electrons. The fourth-order valence-corrected chi connectivity index (χ4v) is 1.33. The zero-order valence-electron chi connectivity index (χ0n) is 8.64. The molecule has 0 spiro atoms. The topological polar surface area (TPSA) is 68.1 Å². The van der Waals surface area contributed by atoms with Crippen molar-refractivity contribution in [2.24, 2.45) is 0 Å². The number of nitrogens with one attached hydrogen (secondary N) is 1. The Hall–Kier alpha value is -2.23. The molecule has 4 heteroatoms. The van der Waals surface area contributed by atoms with Gasteiger partial charge in [-0.1, -0.05) is 30.3 Å². The molecule has 16 heavy (non-hydrogen) atoms. The quantitative estimate of drug-likeness (QED) is 0.770. The van der Waals surface area contributed by atoms with Crippen LogP contribution in [0.5, 0.6) is 0 Å². The van der Waals surface area contributed by atoms with Gasteiger partial charge in [0.05, 0.1) is 0 Å². The third-order valence-electron chi connectivity index (χ3n) is 2.14. The lowest BCUT2D eigenvalue weighted by Crippen LogP contribution is -2.05. The zero-order valence-corrected chi connectivity index (χ0v) is 8.64. The first-order chi connectivity index (χ1) is 7.75. The van der Waals surface area contributed by atoms with E-state index in [1.807, 2.05) is 30.3 Å². The molecule has 0 radical (unpaired) electrons. The molecule has 1 aromatic carbocycles. The summed E-state index contributed by atoms with van der Waals surface area (Å²) in [5.74, 6) is 0.0483. The number of ether oxygens (including phenoxy) is 1. The molecule has 3 N–H and O–H groups in total. The molecule has 1 aromatic heterocycles. The van der Waals surface area contributed by atoms with E-state index in [1.165, 1.54) is 0 Å². The van der Waals surface area contributed by atoms with E-state index in [-0.39, 0.29) is 6.61 Å². The molecule has 0 atom stereocenters. The second-order valence-corrected chi connectivity index (χ2v) is 3.39. The molecule has 2 aromatic rings. The smallest absolute Gasteiger partial charge is 0.355 e. The van der Waals surface area contributed by atoms with Crippen molar-refractivity contribution in [3.63, 3.8) is 0 Å². The van der Waals surface area contributed by atoms with Crippen LogP contribution in [0.15, 0.2) is 42.5 Å². The minimum Gasteiger partial charge on any atom is -0.456 e. The summed E-state index contributed by atoms with van der Waals surface area (Å²) >= 11 is 0. The summed E-state index contributed by atoms with van der Waals surface area (Å²) < 4.78 is 5.10. The Kier molecular flexibility index (Phi) is 2.91. The van der Waals surface area contributed by atoms with Crippen molar-refractivity contribution < 1.29 is 9.53 Å². The van der Waals surface area contributed by atoms with E-state index in [2.05, 4.69) is 4.98 Å². The van der Waals surface area contributed by atoms with Crippen molar-refractivity contribution in [3.05, 3.63) is 53.7 Å². The van der Waals surface area contributed by atoms with E-state index in [0.29, 0.717) is 11.5 Å². The maximum Gasteiger partial charge on any atom is 0.355 e. The minimum atomic E-state index is -0.402. The number of aromatic amines is 1. The highest BCUT2D eigenvalue weighted by Crippen LogP contribution is 2.07. The molecule has 2 rings (SSSR count). The second kappa shape index (κ2) is 4.53. The average molecular weight is 216 g/mol. The third-order valence-corrected chi connectivity index (χ3v) is 2.14. The molecule has 0 unspecified atom stereocenters. The Morgan fingerprint density at radius 1 is 1.19 bits per heavy atom. The maximum absolute atomic E-state index is 11.5. The number of rotatable bonds is 3. The van der Waals surface area contributed by atoms with Crippen LogP contribution in [0.3, 0.4) is 0 Å². The fraction of sp³-hybridized carbons (Fsp3) is 0.0833. The summed E-state index contributed by atoms with van der Waals surface area (Å²) in [6, 6.07) is 12.7. The van der Waals surface area contributed by atoms with Gasteiger partial charge in [-0.25, -0.2) is 4.79 Å². The lowest BCUT2D eigenvalue weighted by molar-refractivity contribution is 0.0466. The van der Waals surface area contributed by atoms with Crippen LogP contribution in [0.4, 0.5) is 5.82 Å². The van der Waals surface area contributed by atoms with Gasteiger partial charge in [0.15, 0.2) is 0 Å². The SMILES string of the molecule is Nc1ccc(C(=O)OCc2ccccc2)[nH]1. The fourth-order valence-electron chi connectivity index (χ4n) is 1.33. The van der Waals surface area contributed by atoms with Crippen LogP contribution in [0.25, 0.3) is 0 Å². The second-order valence-electron chi connectivity index (χ2n) is 3.39. The first-order valence-corrected chi connectivity index (χ1v) is 4.91. The third kappa shape index (κ3) is 2.42. The van der Waals surface area contributed by atoms with Gasteiger partial charge >= 0.3 is 5.97 Å². The summed E-state index contributed by atoms with van der Waals surface area (Å²) in [5, 5.41) is 0. The zero-order chi connectivity index (χ0) is 11.4. The molecule has 0 saturated heterocycles. The predicted octanol–water partition coefficient (Wildman–Crippen LogP) is 1.95. The number of esters is 1. The van der Waals surface area contributed by atoms with Gasteiger partial charge < -0.3 is 15.5 Å². The molecule has 0 saturated carbocycles. The van der Waals surface area contributed by atoms with Crippen LogP contribution in [-0.4, -0.2) is 11.0 Å². The molecule has 0 amide bonds. The van der Waals surface area contributed by atoms with Gasteiger partial charge in [-0.2, -0.15) is 0 Å². The first kappa shape index (κ1) is 10.3. The van der Waals surface area contributed by atoms with Gasteiger partial charge in [0.25, 0.3) is 0 Å². The standard InChI is InChI=1S/C12H12N2O2/c13-11-7-6-10(14-11)12(15)16-8-9-4-2-1-3-5-9/h1-7,14H,8,13H2. The highest BCUT2D eigenvalue weighted by molar-refractivity contribution is 5.88. The Bertz CT molecular complexity index is 477. The summed E-state index contributed by atoms with van der Waals surface area (Å²) in [5.41, 5.74) is 6.78. The molecule has 0 fully saturated rings. The normalized spacial score (nSPS) is 10.0. The van der Waals surface area contributed by atoms with E-state index in [4.69, 9.17) is 10.5 Å². The monoisotopic (exact) mass is 216 g/mol. The van der Waals surface area contributed by atoms with Crippen molar-refractivity contribution in [3.8, 4) is 0 Å². The van der Waals surface area contributed by atoms with Gasteiger partial charge in [0, 0.05) is 0 Å². The summed E-state index contributed by atoms with van der Waals surface area (Å²) in [6.45, 7) is 0.262. The summed E-state index contributed by atoms with van der Waals surface area (Å²) in [6.07, 6.45) is 0. The van der Waals surface area contributed by atoms with Crippen molar-refractivity contribution in [1.29, 1.82) is 0 Å². The van der Waals surface area contributed by atoms with E-state index >= 15 is 0 Å². The molecule has 0 aliphatic rings. The average Bonchev–Trinajstić information content (AvgIpc) is 2.74. The van der Waals surface area contributed by atoms with Crippen molar-refractivity contribution in [2.45, 2.75) is 6.61 Å². The Morgan fingerprint density at radius 3 is 2.56 bits per heavy atom. The number of carbonyl (C=O) groups excluding carboxylic acids is 1. The molecular formula is C12H12N2O2. The van der Waals surface area contributed by atoms with Gasteiger partial charge in [-0.05, 0) is 17.7 Å². The number of benzene rings is 1. The maximum atomic E-state index is 11.5. The number of H-pyrrole nitrogens is 1. The van der Waals surface area contributed by atoms with Crippen LogP contribution < -0.4 is 5.73 Å². The van der Waals surface area contributed by atoms with Gasteiger partial charge in [-0.15, -0.1) is 0 Å². The van der Waals surface area contributed by atoms with Crippen LogP contribution >= 0.6 is 0 Å². The summed E-state index contributed by atoms with van der Waals surface area (Å²) in [7, 11) is 0. The number of hydrogen-bond donors (Lipinski definition) is 2. The number of anilines is 1. The van der Waals surface area contributed by atoms with Gasteiger partial charge in [0.1, 0.15) is 18.1 Å². The number of nitrogen functional groups attached to an aromatic ring is 1. The molecule has 0 aliphatic carbocycles. The van der Waals surface area contributed by atoms with Crippen molar-refractivity contribution >= 4 is 11.8 Å². The van der Waals surface area contributed by atoms with Crippen LogP contribution in [0, 0.1) is 0 Å². The van der Waals surface area contributed by atoms with Crippen molar-refractivity contribution in [2.75, 3.05) is 5.73 Å². The first-order valence-electron chi connectivity index (χ1n) is 4.91. The van der Waals surface area contributed by atoms with Crippen molar-refractivity contribution in [1.82, 2.24) is 4.98 Å². The van der Waals surface area contributed by atoms with E-state index < -0.39 is 5.97 Å². The highest BCUT2D eigenvalue weighted by atomic mass is 16.5. The van der Waals surface area contributed by atoms with Crippen LogP contribution in [-0.2, 0) is 11.3 Å². The summed E-state index contributed by atoms with van der Waals surface area (Å²) in [4.78, 5) is 14.2. The van der Waals surface area contributed by atoms with Crippen LogP contribution in [0.1, 0.15) is 16.1 Å². The van der Waals surface area contributed by atoms with Gasteiger partial charge in [-0.3, -0.25) is 0 Å². The number of carbonyl (C=O) groups is 1. The number of aromatic nitrogens is 1. The lowest BCUT2D eigenvalue weighted by Gasteiger charge is -2.02. The molecular weight excluding hydrogens is 204 g/mol. The predicted molar refractivity (Wildman–Crippen MR) is 60.8 cm³/mol. The minimum absolute atomic E-state index is 0.262. The largest absolute Gasteiger partial charge is 0.456 e. The molecule has 4 nitrogen and oxygen atoms in total.